The van der Waals surface area contributed by atoms with E-state index < -0.39 is 0 Å². The van der Waals surface area contributed by atoms with Gasteiger partial charge in [0.15, 0.2) is 5.69 Å². The first-order valence-electron chi connectivity index (χ1n) is 4.71. The van der Waals surface area contributed by atoms with Gasteiger partial charge in [0.25, 0.3) is 0 Å². The van der Waals surface area contributed by atoms with E-state index in [4.69, 9.17) is 10.00 Å². The molecule has 15 heavy (non-hydrogen) atoms. The van der Waals surface area contributed by atoms with Gasteiger partial charge in [-0.2, -0.15) is 10.4 Å². The maximum atomic E-state index is 8.70. The highest BCUT2D eigenvalue weighted by Crippen LogP contribution is 2.08. The second kappa shape index (κ2) is 4.11. The van der Waals surface area contributed by atoms with Crippen molar-refractivity contribution in [2.45, 2.75) is 6.42 Å². The SMILES string of the molecule is COCCc1ccc2cc(C#N)nn2c1. The lowest BCUT2D eigenvalue weighted by Crippen LogP contribution is -1.97. The molecule has 0 radical (unpaired) electrons. The van der Waals surface area contributed by atoms with Gasteiger partial charge >= 0.3 is 0 Å². The number of pyridine rings is 1. The summed E-state index contributed by atoms with van der Waals surface area (Å²) in [6.07, 6.45) is 2.78. The molecule has 0 unspecified atom stereocenters. The van der Waals surface area contributed by atoms with Crippen LogP contribution in [0.25, 0.3) is 5.52 Å². The third kappa shape index (κ3) is 1.97. The van der Waals surface area contributed by atoms with Crippen LogP contribution in [0.1, 0.15) is 11.3 Å². The molecule has 0 amide bonds. The van der Waals surface area contributed by atoms with Crippen molar-refractivity contribution in [2.75, 3.05) is 13.7 Å². The van der Waals surface area contributed by atoms with Crippen LogP contribution in [0.15, 0.2) is 24.4 Å². The van der Waals surface area contributed by atoms with E-state index in [1.165, 1.54) is 0 Å². The maximum absolute atomic E-state index is 8.70. The summed E-state index contributed by atoms with van der Waals surface area (Å²) >= 11 is 0. The molecule has 0 fully saturated rings. The van der Waals surface area contributed by atoms with E-state index in [0.29, 0.717) is 12.3 Å². The van der Waals surface area contributed by atoms with E-state index in [1.54, 1.807) is 17.7 Å². The minimum absolute atomic E-state index is 0.443. The summed E-state index contributed by atoms with van der Waals surface area (Å²) in [5, 5.41) is 12.8. The van der Waals surface area contributed by atoms with Crippen molar-refractivity contribution in [3.63, 3.8) is 0 Å². The number of hydrogen-bond donors (Lipinski definition) is 0. The largest absolute Gasteiger partial charge is 0.384 e. The van der Waals surface area contributed by atoms with E-state index in [9.17, 15) is 0 Å². The van der Waals surface area contributed by atoms with Crippen molar-refractivity contribution in [3.8, 4) is 6.07 Å². The van der Waals surface area contributed by atoms with E-state index in [-0.39, 0.29) is 0 Å². The van der Waals surface area contributed by atoms with Crippen molar-refractivity contribution in [1.82, 2.24) is 9.61 Å². The third-order valence-corrected chi connectivity index (χ3v) is 2.23. The number of ether oxygens (including phenoxy) is 1. The summed E-state index contributed by atoms with van der Waals surface area (Å²) in [7, 11) is 1.68. The smallest absolute Gasteiger partial charge is 0.163 e. The van der Waals surface area contributed by atoms with Gasteiger partial charge in [0.05, 0.1) is 12.1 Å². The van der Waals surface area contributed by atoms with Crippen molar-refractivity contribution < 1.29 is 4.74 Å². The second-order valence-corrected chi connectivity index (χ2v) is 3.29. The van der Waals surface area contributed by atoms with Crippen molar-refractivity contribution in [3.05, 3.63) is 35.7 Å². The molecule has 0 atom stereocenters. The van der Waals surface area contributed by atoms with E-state index >= 15 is 0 Å². The number of hydrogen-bond acceptors (Lipinski definition) is 3. The second-order valence-electron chi connectivity index (χ2n) is 3.29. The molecule has 0 aliphatic rings. The molecule has 2 rings (SSSR count). The standard InChI is InChI=1S/C11H11N3O/c1-15-5-4-9-2-3-11-6-10(7-12)13-14(11)8-9/h2-3,6,8H,4-5H2,1H3. The van der Waals surface area contributed by atoms with E-state index in [1.807, 2.05) is 24.4 Å². The van der Waals surface area contributed by atoms with Crippen LogP contribution in [0.4, 0.5) is 0 Å². The summed E-state index contributed by atoms with van der Waals surface area (Å²) in [6, 6.07) is 7.77. The first-order valence-corrected chi connectivity index (χ1v) is 4.71. The first kappa shape index (κ1) is 9.69. The predicted molar refractivity (Wildman–Crippen MR) is 55.5 cm³/mol. The Morgan fingerprint density at radius 1 is 1.53 bits per heavy atom. The van der Waals surface area contributed by atoms with Gasteiger partial charge < -0.3 is 4.74 Å². The molecule has 4 heteroatoms. The molecular formula is C11H11N3O. The summed E-state index contributed by atoms with van der Waals surface area (Å²) in [4.78, 5) is 0. The molecule has 0 spiro atoms. The van der Waals surface area contributed by atoms with Crippen LogP contribution in [-0.4, -0.2) is 23.3 Å². The summed E-state index contributed by atoms with van der Waals surface area (Å²) in [6.45, 7) is 0.692. The molecule has 0 aromatic carbocycles. The minimum Gasteiger partial charge on any atom is -0.384 e. The molecular weight excluding hydrogens is 190 g/mol. The van der Waals surface area contributed by atoms with Gasteiger partial charge in [-0.25, -0.2) is 4.52 Å². The molecule has 2 heterocycles. The molecule has 76 valence electrons. The summed E-state index contributed by atoms with van der Waals surface area (Å²) < 4.78 is 6.73. The number of nitriles is 1. The number of methoxy groups -OCH3 is 1. The molecule has 0 N–H and O–H groups in total. The maximum Gasteiger partial charge on any atom is 0.163 e. The topological polar surface area (TPSA) is 50.3 Å². The molecule has 0 saturated heterocycles. The highest BCUT2D eigenvalue weighted by molar-refractivity contribution is 5.50. The predicted octanol–water partition coefficient (Wildman–Crippen LogP) is 1.39. The molecule has 0 saturated carbocycles. The quantitative estimate of drug-likeness (QED) is 0.754. The monoisotopic (exact) mass is 201 g/mol. The van der Waals surface area contributed by atoms with Gasteiger partial charge in [0.2, 0.25) is 0 Å². The average Bonchev–Trinajstić information content (AvgIpc) is 2.68. The fourth-order valence-corrected chi connectivity index (χ4v) is 1.45. The van der Waals surface area contributed by atoms with E-state index in [0.717, 1.165) is 17.5 Å². The number of fused-ring (bicyclic) bond motifs is 1. The van der Waals surface area contributed by atoms with Gasteiger partial charge in [-0.15, -0.1) is 0 Å². The van der Waals surface area contributed by atoms with Gasteiger partial charge in [0, 0.05) is 19.4 Å². The van der Waals surface area contributed by atoms with Gasteiger partial charge in [-0.05, 0) is 18.1 Å². The fraction of sp³-hybridized carbons (Fsp3) is 0.273. The Labute approximate surface area is 87.7 Å². The van der Waals surface area contributed by atoms with Crippen LogP contribution < -0.4 is 0 Å². The zero-order chi connectivity index (χ0) is 10.7. The third-order valence-electron chi connectivity index (χ3n) is 2.23. The van der Waals surface area contributed by atoms with Crippen LogP contribution >= 0.6 is 0 Å². The number of rotatable bonds is 3. The number of aromatic nitrogens is 2. The molecule has 4 nitrogen and oxygen atoms in total. The van der Waals surface area contributed by atoms with E-state index in [2.05, 4.69) is 5.10 Å². The highest BCUT2D eigenvalue weighted by atomic mass is 16.5. The Hall–Kier alpha value is -1.86. The van der Waals surface area contributed by atoms with Crippen molar-refractivity contribution in [2.24, 2.45) is 0 Å². The van der Waals surface area contributed by atoms with Crippen molar-refractivity contribution >= 4 is 5.52 Å². The lowest BCUT2D eigenvalue weighted by Gasteiger charge is -2.00. The first-order chi connectivity index (χ1) is 7.33. The molecule has 0 bridgehead atoms. The van der Waals surface area contributed by atoms with Crippen LogP contribution in [0, 0.1) is 11.3 Å². The Kier molecular flexibility index (Phi) is 2.66. The molecule has 0 aliphatic carbocycles. The number of nitrogens with zero attached hydrogens (tertiary/aromatic N) is 3. The summed E-state index contributed by atoms with van der Waals surface area (Å²) in [5.41, 5.74) is 2.53. The van der Waals surface area contributed by atoms with Crippen LogP contribution in [0.5, 0.6) is 0 Å². The van der Waals surface area contributed by atoms with Crippen molar-refractivity contribution in [1.29, 1.82) is 5.26 Å². The van der Waals surface area contributed by atoms with Crippen LogP contribution in [0.3, 0.4) is 0 Å². The Morgan fingerprint density at radius 2 is 2.40 bits per heavy atom. The highest BCUT2D eigenvalue weighted by Gasteiger charge is 2.01. The van der Waals surface area contributed by atoms with Gasteiger partial charge in [0.1, 0.15) is 6.07 Å². The minimum atomic E-state index is 0.443. The zero-order valence-corrected chi connectivity index (χ0v) is 8.47. The fourth-order valence-electron chi connectivity index (χ4n) is 1.45. The van der Waals surface area contributed by atoms with Gasteiger partial charge in [-0.3, -0.25) is 0 Å². The van der Waals surface area contributed by atoms with Crippen LogP contribution in [0.2, 0.25) is 0 Å². The average molecular weight is 201 g/mol. The summed E-state index contributed by atoms with van der Waals surface area (Å²) in [5.74, 6) is 0. The molecule has 0 aliphatic heterocycles. The Bertz CT molecular complexity index is 510. The Morgan fingerprint density at radius 3 is 3.13 bits per heavy atom. The molecule has 2 aromatic heterocycles. The molecule has 2 aromatic rings. The zero-order valence-electron chi connectivity index (χ0n) is 8.47. The lowest BCUT2D eigenvalue weighted by atomic mass is 10.2. The van der Waals surface area contributed by atoms with Crippen LogP contribution in [-0.2, 0) is 11.2 Å². The normalized spacial score (nSPS) is 10.4. The van der Waals surface area contributed by atoms with Gasteiger partial charge in [-0.1, -0.05) is 6.07 Å². The Balaban J connectivity index is 2.34. The lowest BCUT2D eigenvalue weighted by molar-refractivity contribution is 0.202.